The van der Waals surface area contributed by atoms with Crippen LogP contribution in [0.4, 0.5) is 0 Å². The molecule has 0 aliphatic carbocycles. The Balaban J connectivity index is 2.08. The predicted molar refractivity (Wildman–Crippen MR) is 123 cm³/mol. The molecule has 2 aromatic rings. The van der Waals surface area contributed by atoms with Gasteiger partial charge in [-0.3, -0.25) is 9.59 Å². The molecule has 0 bridgehead atoms. The molecule has 0 saturated carbocycles. The van der Waals surface area contributed by atoms with E-state index in [2.05, 4.69) is 36.8 Å². The minimum atomic E-state index is -0.00571. The standard InChI is InChI=1S/C24H38N4O2/c1-15(2)27-17(5)13-21(19(27)7)23(29)25(9)11-12-26(10)24(30)22-14-18(6)28(16(3)4)20(22)8/h13-16H,11-12H2,1-10H3. The number of rotatable bonds is 7. The first-order chi connectivity index (χ1) is 13.9. The zero-order valence-corrected chi connectivity index (χ0v) is 20.3. The van der Waals surface area contributed by atoms with Crippen molar-refractivity contribution in [2.24, 2.45) is 0 Å². The number of amides is 2. The lowest BCUT2D eigenvalue weighted by atomic mass is 10.2. The number of aryl methyl sites for hydroxylation is 2. The summed E-state index contributed by atoms with van der Waals surface area (Å²) in [6, 6.07) is 4.55. The molecule has 2 amide bonds. The Kier molecular flexibility index (Phi) is 7.22. The smallest absolute Gasteiger partial charge is 0.255 e. The highest BCUT2D eigenvalue weighted by Crippen LogP contribution is 2.22. The van der Waals surface area contributed by atoms with Gasteiger partial charge in [0.1, 0.15) is 0 Å². The van der Waals surface area contributed by atoms with Gasteiger partial charge in [0.25, 0.3) is 11.8 Å². The topological polar surface area (TPSA) is 50.5 Å². The molecule has 30 heavy (non-hydrogen) atoms. The van der Waals surface area contributed by atoms with Crippen LogP contribution in [0.25, 0.3) is 0 Å². The minimum absolute atomic E-state index is 0.00571. The van der Waals surface area contributed by atoms with Gasteiger partial charge in [0.2, 0.25) is 0 Å². The molecule has 0 atom stereocenters. The third-order valence-corrected chi connectivity index (χ3v) is 5.93. The lowest BCUT2D eigenvalue weighted by Crippen LogP contribution is -2.37. The van der Waals surface area contributed by atoms with E-state index in [9.17, 15) is 9.59 Å². The van der Waals surface area contributed by atoms with Crippen LogP contribution in [0.15, 0.2) is 12.1 Å². The van der Waals surface area contributed by atoms with Crippen molar-refractivity contribution < 1.29 is 9.59 Å². The van der Waals surface area contributed by atoms with Crippen LogP contribution in [0.2, 0.25) is 0 Å². The normalized spacial score (nSPS) is 11.5. The van der Waals surface area contributed by atoms with Crippen molar-refractivity contribution in [3.05, 3.63) is 46.0 Å². The summed E-state index contributed by atoms with van der Waals surface area (Å²) in [7, 11) is 3.60. The quantitative estimate of drug-likeness (QED) is 0.668. The minimum Gasteiger partial charge on any atom is -0.346 e. The van der Waals surface area contributed by atoms with E-state index in [-0.39, 0.29) is 11.8 Å². The molecule has 0 radical (unpaired) electrons. The Bertz CT molecular complexity index is 857. The molecular weight excluding hydrogens is 376 g/mol. The number of likely N-dealkylation sites (N-methyl/N-ethyl adjacent to an activating group) is 2. The van der Waals surface area contributed by atoms with Crippen molar-refractivity contribution in [1.29, 1.82) is 0 Å². The first-order valence-corrected chi connectivity index (χ1v) is 10.8. The molecule has 0 aliphatic heterocycles. The van der Waals surface area contributed by atoms with Crippen molar-refractivity contribution >= 4 is 11.8 Å². The van der Waals surface area contributed by atoms with E-state index < -0.39 is 0 Å². The highest BCUT2D eigenvalue weighted by atomic mass is 16.2. The maximum atomic E-state index is 13.0. The Morgan fingerprint density at radius 1 is 0.733 bits per heavy atom. The Labute approximate surface area is 181 Å². The maximum Gasteiger partial charge on any atom is 0.255 e. The third kappa shape index (κ3) is 4.47. The molecule has 0 aliphatic rings. The molecule has 0 fully saturated rings. The second kappa shape index (κ2) is 9.11. The number of nitrogens with zero attached hydrogens (tertiary/aromatic N) is 4. The van der Waals surface area contributed by atoms with Crippen LogP contribution in [0, 0.1) is 27.7 Å². The summed E-state index contributed by atoms with van der Waals surface area (Å²) < 4.78 is 4.36. The molecule has 2 heterocycles. The van der Waals surface area contributed by atoms with Crippen LogP contribution in [0.5, 0.6) is 0 Å². The van der Waals surface area contributed by atoms with Crippen molar-refractivity contribution in [2.45, 2.75) is 67.5 Å². The van der Waals surface area contributed by atoms with E-state index >= 15 is 0 Å². The predicted octanol–water partition coefficient (Wildman–Crippen LogP) is 4.53. The van der Waals surface area contributed by atoms with Crippen molar-refractivity contribution in [3.63, 3.8) is 0 Å². The zero-order valence-electron chi connectivity index (χ0n) is 20.3. The summed E-state index contributed by atoms with van der Waals surface area (Å²) in [5.41, 5.74) is 5.63. The third-order valence-electron chi connectivity index (χ3n) is 5.93. The fourth-order valence-electron chi connectivity index (χ4n) is 4.49. The molecule has 0 N–H and O–H groups in total. The first-order valence-electron chi connectivity index (χ1n) is 10.8. The van der Waals surface area contributed by atoms with Crippen molar-refractivity contribution in [1.82, 2.24) is 18.9 Å². The van der Waals surface area contributed by atoms with Gasteiger partial charge in [-0.2, -0.15) is 0 Å². The largest absolute Gasteiger partial charge is 0.346 e. The zero-order chi connectivity index (χ0) is 22.9. The second-order valence-electron chi connectivity index (χ2n) is 8.95. The average Bonchev–Trinajstić information content (AvgIpc) is 3.12. The maximum absolute atomic E-state index is 13.0. The summed E-state index contributed by atoms with van der Waals surface area (Å²) in [4.78, 5) is 29.4. The molecule has 0 saturated heterocycles. The number of carbonyl (C=O) groups excluding carboxylic acids is 2. The average molecular weight is 415 g/mol. The summed E-state index contributed by atoms with van der Waals surface area (Å²) in [5.74, 6) is -0.0114. The Morgan fingerprint density at radius 2 is 1.03 bits per heavy atom. The molecule has 0 aromatic carbocycles. The molecule has 166 valence electrons. The van der Waals surface area contributed by atoms with Gasteiger partial charge in [0, 0.05) is 62.0 Å². The van der Waals surface area contributed by atoms with Crippen LogP contribution in [-0.4, -0.2) is 57.9 Å². The fourth-order valence-corrected chi connectivity index (χ4v) is 4.49. The Morgan fingerprint density at radius 3 is 1.27 bits per heavy atom. The van der Waals surface area contributed by atoms with Crippen LogP contribution >= 0.6 is 0 Å². The van der Waals surface area contributed by atoms with Gasteiger partial charge in [-0.1, -0.05) is 0 Å². The molecule has 0 spiro atoms. The van der Waals surface area contributed by atoms with E-state index in [1.807, 2.05) is 39.8 Å². The molecule has 6 nitrogen and oxygen atoms in total. The summed E-state index contributed by atoms with van der Waals surface area (Å²) >= 11 is 0. The molecular formula is C24H38N4O2. The van der Waals surface area contributed by atoms with E-state index in [0.717, 1.165) is 33.9 Å². The molecule has 2 aromatic heterocycles. The first kappa shape index (κ1) is 23.8. The molecule has 6 heteroatoms. The van der Waals surface area contributed by atoms with Crippen LogP contribution in [0.3, 0.4) is 0 Å². The van der Waals surface area contributed by atoms with Gasteiger partial charge < -0.3 is 18.9 Å². The number of hydrogen-bond donors (Lipinski definition) is 0. The summed E-state index contributed by atoms with van der Waals surface area (Å²) in [5, 5.41) is 0. The van der Waals surface area contributed by atoms with Gasteiger partial charge in [-0.25, -0.2) is 0 Å². The lowest BCUT2D eigenvalue weighted by molar-refractivity contribution is 0.0717. The van der Waals surface area contributed by atoms with Crippen molar-refractivity contribution in [3.8, 4) is 0 Å². The van der Waals surface area contributed by atoms with Gasteiger partial charge in [-0.15, -0.1) is 0 Å². The van der Waals surface area contributed by atoms with Gasteiger partial charge in [0.15, 0.2) is 0 Å². The van der Waals surface area contributed by atoms with E-state index in [0.29, 0.717) is 25.2 Å². The van der Waals surface area contributed by atoms with E-state index in [1.54, 1.807) is 23.9 Å². The van der Waals surface area contributed by atoms with E-state index in [1.165, 1.54) is 0 Å². The number of carbonyl (C=O) groups is 2. The van der Waals surface area contributed by atoms with Gasteiger partial charge in [-0.05, 0) is 67.5 Å². The van der Waals surface area contributed by atoms with E-state index in [4.69, 9.17) is 0 Å². The fraction of sp³-hybridized carbons (Fsp3) is 0.583. The number of aromatic nitrogens is 2. The lowest BCUT2D eigenvalue weighted by Gasteiger charge is -2.23. The van der Waals surface area contributed by atoms with Gasteiger partial charge in [0.05, 0.1) is 11.1 Å². The highest BCUT2D eigenvalue weighted by Gasteiger charge is 2.23. The van der Waals surface area contributed by atoms with Crippen LogP contribution in [-0.2, 0) is 0 Å². The van der Waals surface area contributed by atoms with Crippen LogP contribution in [0.1, 0.15) is 83.3 Å². The molecule has 0 unspecified atom stereocenters. The molecule has 2 rings (SSSR count). The van der Waals surface area contributed by atoms with Gasteiger partial charge >= 0.3 is 0 Å². The monoisotopic (exact) mass is 414 g/mol. The second-order valence-corrected chi connectivity index (χ2v) is 8.95. The van der Waals surface area contributed by atoms with Crippen molar-refractivity contribution in [2.75, 3.05) is 27.2 Å². The SMILES string of the molecule is Cc1cc(C(=O)N(C)CCN(C)C(=O)c2cc(C)n(C(C)C)c2C)c(C)n1C(C)C. The summed E-state index contributed by atoms with van der Waals surface area (Å²) in [6.07, 6.45) is 0. The Hall–Kier alpha value is -2.50. The summed E-state index contributed by atoms with van der Waals surface area (Å²) in [6.45, 7) is 17.5. The number of hydrogen-bond acceptors (Lipinski definition) is 2. The van der Waals surface area contributed by atoms with Crippen LogP contribution < -0.4 is 0 Å². The highest BCUT2D eigenvalue weighted by molar-refractivity contribution is 5.96.